The molecule has 0 radical (unpaired) electrons. The number of aliphatic hydroxyl groups excluding tert-OH is 1. The van der Waals surface area contributed by atoms with E-state index >= 15 is 4.39 Å². The van der Waals surface area contributed by atoms with Gasteiger partial charge in [-0.2, -0.15) is 4.39 Å². The number of hydrogen-bond acceptors (Lipinski definition) is 7. The Morgan fingerprint density at radius 2 is 1.45 bits per heavy atom. The Bertz CT molecular complexity index is 1530. The van der Waals surface area contributed by atoms with Crippen LogP contribution in [0, 0.1) is 5.82 Å². The van der Waals surface area contributed by atoms with Gasteiger partial charge in [0, 0.05) is 6.92 Å². The fraction of sp³-hybridized carbons (Fsp3) is 0.258. The normalized spacial score (nSPS) is 22.4. The van der Waals surface area contributed by atoms with Gasteiger partial charge in [-0.1, -0.05) is 91.0 Å². The minimum atomic E-state index is -2.26. The van der Waals surface area contributed by atoms with Crippen molar-refractivity contribution < 1.29 is 32.9 Å². The third-order valence-corrected chi connectivity index (χ3v) is 7.12. The number of nitrogens with zero attached hydrogens (tertiary/aromatic N) is 1. The standard InChI is InChI=1S/C31H28F2N2O7/c1-19(36)41-27-24(42-29(26(37)25(27)33)35-17-23(32)28(38)34-30(35)39)18-40-31(20-11-5-2-6-12-20,21-13-7-3-8-14-21)22-15-9-4-10-16-22/h2-17,24-27,29,37H,18H2,1H3,(H,34,38,39)/t24-,25-,26-,27-,29-/m1/s1. The Morgan fingerprint density at radius 1 is 0.952 bits per heavy atom. The maximum absolute atomic E-state index is 15.7. The van der Waals surface area contributed by atoms with E-state index in [0.29, 0.717) is 10.8 Å². The number of halogens is 2. The van der Waals surface area contributed by atoms with E-state index in [4.69, 9.17) is 14.2 Å². The van der Waals surface area contributed by atoms with E-state index in [9.17, 15) is 23.9 Å². The number of esters is 1. The molecule has 11 heteroatoms. The molecule has 2 N–H and O–H groups in total. The van der Waals surface area contributed by atoms with Gasteiger partial charge in [0.2, 0.25) is 5.82 Å². The minimum absolute atomic E-state index is 0.402. The van der Waals surface area contributed by atoms with Crippen LogP contribution in [0.5, 0.6) is 0 Å². The zero-order chi connectivity index (χ0) is 29.9. The highest BCUT2D eigenvalue weighted by molar-refractivity contribution is 5.66. The Morgan fingerprint density at radius 3 is 1.93 bits per heavy atom. The second kappa shape index (κ2) is 12.2. The van der Waals surface area contributed by atoms with Gasteiger partial charge in [-0.15, -0.1) is 0 Å². The lowest BCUT2D eigenvalue weighted by Gasteiger charge is -2.43. The highest BCUT2D eigenvalue weighted by Gasteiger charge is 2.50. The molecule has 1 aromatic heterocycles. The summed E-state index contributed by atoms with van der Waals surface area (Å²) in [5, 5.41) is 10.7. The molecule has 2 heterocycles. The van der Waals surface area contributed by atoms with Crippen LogP contribution in [0.4, 0.5) is 8.78 Å². The first-order valence-electron chi connectivity index (χ1n) is 13.2. The Balaban J connectivity index is 1.60. The first-order valence-corrected chi connectivity index (χ1v) is 13.2. The van der Waals surface area contributed by atoms with Crippen LogP contribution in [0.1, 0.15) is 29.8 Å². The van der Waals surface area contributed by atoms with Crippen LogP contribution >= 0.6 is 0 Å². The average molecular weight is 579 g/mol. The van der Waals surface area contributed by atoms with E-state index in [-0.39, 0.29) is 0 Å². The highest BCUT2D eigenvalue weighted by Crippen LogP contribution is 2.41. The predicted molar refractivity (Wildman–Crippen MR) is 147 cm³/mol. The van der Waals surface area contributed by atoms with Crippen molar-refractivity contribution in [2.24, 2.45) is 0 Å². The lowest BCUT2D eigenvalue weighted by molar-refractivity contribution is -0.252. The number of carbonyl (C=O) groups is 1. The van der Waals surface area contributed by atoms with Crippen LogP contribution in [0.15, 0.2) is 107 Å². The van der Waals surface area contributed by atoms with Crippen molar-refractivity contribution in [3.05, 3.63) is 141 Å². The lowest BCUT2D eigenvalue weighted by Crippen LogP contribution is -2.58. The number of benzene rings is 3. The molecule has 1 aliphatic heterocycles. The van der Waals surface area contributed by atoms with Crippen LogP contribution < -0.4 is 11.2 Å². The molecule has 1 saturated heterocycles. The van der Waals surface area contributed by atoms with Gasteiger partial charge in [0.25, 0.3) is 5.56 Å². The number of H-pyrrole nitrogens is 1. The number of aromatic nitrogens is 2. The monoisotopic (exact) mass is 578 g/mol. The maximum Gasteiger partial charge on any atom is 0.330 e. The molecule has 5 rings (SSSR count). The fourth-order valence-corrected chi connectivity index (χ4v) is 5.22. The molecule has 0 aliphatic carbocycles. The van der Waals surface area contributed by atoms with E-state index in [1.54, 1.807) is 4.98 Å². The zero-order valence-corrected chi connectivity index (χ0v) is 22.4. The van der Waals surface area contributed by atoms with Gasteiger partial charge >= 0.3 is 11.7 Å². The second-order valence-electron chi connectivity index (χ2n) is 9.81. The summed E-state index contributed by atoms with van der Waals surface area (Å²) in [5.41, 5.74) is -1.48. The summed E-state index contributed by atoms with van der Waals surface area (Å²) in [6.07, 6.45) is -8.60. The summed E-state index contributed by atoms with van der Waals surface area (Å²) in [6.45, 7) is 0.675. The van der Waals surface area contributed by atoms with Gasteiger partial charge in [-0.25, -0.2) is 9.18 Å². The van der Waals surface area contributed by atoms with Crippen molar-refractivity contribution in [3.63, 3.8) is 0 Å². The molecule has 42 heavy (non-hydrogen) atoms. The Labute approximate surface area is 238 Å². The van der Waals surface area contributed by atoms with Crippen molar-refractivity contribution in [2.75, 3.05) is 6.61 Å². The summed E-state index contributed by atoms with van der Waals surface area (Å²) in [5.74, 6) is -2.18. The molecule has 0 unspecified atom stereocenters. The lowest BCUT2D eigenvalue weighted by atomic mass is 9.80. The number of aliphatic hydroxyl groups is 1. The van der Waals surface area contributed by atoms with Crippen molar-refractivity contribution in [1.29, 1.82) is 0 Å². The van der Waals surface area contributed by atoms with E-state index in [1.165, 1.54) is 0 Å². The van der Waals surface area contributed by atoms with E-state index in [2.05, 4.69) is 0 Å². The number of hydrogen-bond donors (Lipinski definition) is 2. The van der Waals surface area contributed by atoms with Gasteiger partial charge in [-0.05, 0) is 16.7 Å². The van der Waals surface area contributed by atoms with E-state index in [0.717, 1.165) is 23.6 Å². The third kappa shape index (κ3) is 5.54. The maximum atomic E-state index is 15.7. The number of carbonyl (C=O) groups excluding carboxylic acids is 1. The fourth-order valence-electron chi connectivity index (χ4n) is 5.22. The summed E-state index contributed by atoms with van der Waals surface area (Å²) < 4.78 is 48.3. The van der Waals surface area contributed by atoms with Gasteiger partial charge in [-0.3, -0.25) is 19.1 Å². The smallest absolute Gasteiger partial charge is 0.330 e. The molecule has 0 bridgehead atoms. The number of nitrogens with one attached hydrogen (secondary N) is 1. The third-order valence-electron chi connectivity index (χ3n) is 7.12. The topological polar surface area (TPSA) is 120 Å². The Kier molecular flexibility index (Phi) is 8.44. The van der Waals surface area contributed by atoms with Gasteiger partial charge in [0.1, 0.15) is 17.8 Å². The minimum Gasteiger partial charge on any atom is -0.456 e. The molecule has 218 valence electrons. The first-order chi connectivity index (χ1) is 20.2. The molecular formula is C31H28F2N2O7. The van der Waals surface area contributed by atoms with Crippen molar-refractivity contribution in [1.82, 2.24) is 9.55 Å². The molecule has 4 aromatic rings. The first kappa shape index (κ1) is 29.1. The van der Waals surface area contributed by atoms with Crippen LogP contribution in [-0.2, 0) is 24.6 Å². The Hall–Kier alpha value is -4.45. The molecule has 5 atom stereocenters. The van der Waals surface area contributed by atoms with E-state index < -0.39 is 66.0 Å². The van der Waals surface area contributed by atoms with Crippen molar-refractivity contribution in [2.45, 2.75) is 43.2 Å². The summed E-state index contributed by atoms with van der Waals surface area (Å²) in [7, 11) is 0. The summed E-state index contributed by atoms with van der Waals surface area (Å²) in [4.78, 5) is 37.8. The molecule has 0 spiro atoms. The number of aromatic amines is 1. The molecule has 0 saturated carbocycles. The molecule has 9 nitrogen and oxygen atoms in total. The van der Waals surface area contributed by atoms with Crippen molar-refractivity contribution in [3.8, 4) is 0 Å². The predicted octanol–water partition coefficient (Wildman–Crippen LogP) is 3.21. The molecule has 3 aromatic carbocycles. The number of ether oxygens (including phenoxy) is 3. The van der Waals surface area contributed by atoms with Crippen molar-refractivity contribution >= 4 is 5.97 Å². The van der Waals surface area contributed by atoms with Crippen LogP contribution in [0.3, 0.4) is 0 Å². The van der Waals surface area contributed by atoms with Crippen LogP contribution in [-0.4, -0.2) is 51.7 Å². The van der Waals surface area contributed by atoms with Crippen LogP contribution in [0.2, 0.25) is 0 Å². The van der Waals surface area contributed by atoms with Gasteiger partial charge in [0.15, 0.2) is 18.5 Å². The quantitative estimate of drug-likeness (QED) is 0.243. The van der Waals surface area contributed by atoms with Gasteiger partial charge in [0.05, 0.1) is 12.8 Å². The average Bonchev–Trinajstić information content (AvgIpc) is 3.00. The molecular weight excluding hydrogens is 550 g/mol. The molecule has 1 aliphatic rings. The summed E-state index contributed by atoms with van der Waals surface area (Å²) in [6, 6.07) is 27.9. The van der Waals surface area contributed by atoms with Crippen LogP contribution in [0.25, 0.3) is 0 Å². The van der Waals surface area contributed by atoms with E-state index in [1.807, 2.05) is 91.0 Å². The SMILES string of the molecule is CC(=O)O[C@H]1[C@H](F)[C@@H](O)[C@H](n2cc(F)c(=O)[nH]c2=O)O[C@@H]1COC(c1ccccc1)(c1ccccc1)c1ccccc1. The number of alkyl halides is 1. The second-order valence-corrected chi connectivity index (χ2v) is 9.81. The highest BCUT2D eigenvalue weighted by atomic mass is 19.1. The largest absolute Gasteiger partial charge is 0.456 e. The molecule has 0 amide bonds. The number of rotatable bonds is 8. The zero-order valence-electron chi connectivity index (χ0n) is 22.4. The van der Waals surface area contributed by atoms with Gasteiger partial charge < -0.3 is 19.3 Å². The molecule has 1 fully saturated rings. The summed E-state index contributed by atoms with van der Waals surface area (Å²) >= 11 is 0.